The minimum Gasteiger partial charge on any atom is -0.475 e. The second kappa shape index (κ2) is 11.1. The number of morpholine rings is 1. The van der Waals surface area contributed by atoms with Gasteiger partial charge in [-0.2, -0.15) is 4.37 Å². The van der Waals surface area contributed by atoms with E-state index in [0.717, 1.165) is 37.2 Å². The van der Waals surface area contributed by atoms with E-state index in [0.29, 0.717) is 43.3 Å². The summed E-state index contributed by atoms with van der Waals surface area (Å²) in [7, 11) is 2.13. The SMILES string of the molecule is CCCCCCOc1nsnc1C1=CCC[N+](C)([C@@H](C)OC(=O)N2CCOCC2)C1. The van der Waals surface area contributed by atoms with E-state index in [1.165, 1.54) is 31.0 Å². The molecule has 8 nitrogen and oxygen atoms in total. The first kappa shape index (κ1) is 23.0. The summed E-state index contributed by atoms with van der Waals surface area (Å²) in [5.41, 5.74) is 1.96. The van der Waals surface area contributed by atoms with E-state index in [1.54, 1.807) is 4.90 Å². The molecule has 2 atom stereocenters. The van der Waals surface area contributed by atoms with Gasteiger partial charge in [0.15, 0.2) is 0 Å². The average Bonchev–Trinajstić information content (AvgIpc) is 3.23. The number of rotatable bonds is 9. The number of likely N-dealkylation sites (N-methyl/N-ethyl adjacent to an activating group) is 1. The summed E-state index contributed by atoms with van der Waals surface area (Å²) in [4.78, 5) is 14.3. The summed E-state index contributed by atoms with van der Waals surface area (Å²) in [6, 6.07) is 0. The molecule has 1 fully saturated rings. The molecule has 1 amide bonds. The standard InChI is InChI=1S/C21H35N4O4S/c1-4-5-6-7-13-28-20-19(22-30-23-20)18-9-8-12-25(3,16-18)17(2)29-21(26)24-10-14-27-15-11-24/h9,17H,4-8,10-16H2,1-3H3/q+1/t17-,25?/m1/s1. The van der Waals surface area contributed by atoms with Crippen LogP contribution in [0, 0.1) is 0 Å². The van der Waals surface area contributed by atoms with E-state index in [2.05, 4.69) is 28.8 Å². The number of ether oxygens (including phenoxy) is 3. The lowest BCUT2D eigenvalue weighted by atomic mass is 10.0. The Bertz CT molecular complexity index is 720. The summed E-state index contributed by atoms with van der Waals surface area (Å²) in [6.07, 6.45) is 7.26. The van der Waals surface area contributed by atoms with Crippen molar-refractivity contribution in [2.24, 2.45) is 0 Å². The van der Waals surface area contributed by atoms with Crippen molar-refractivity contribution in [1.29, 1.82) is 0 Å². The molecule has 0 spiro atoms. The Balaban J connectivity index is 1.58. The van der Waals surface area contributed by atoms with Crippen LogP contribution in [-0.4, -0.2) is 83.5 Å². The normalized spacial score (nSPS) is 23.0. The van der Waals surface area contributed by atoms with Gasteiger partial charge in [-0.05, 0) is 6.42 Å². The van der Waals surface area contributed by atoms with E-state index >= 15 is 0 Å². The van der Waals surface area contributed by atoms with Crippen molar-refractivity contribution < 1.29 is 23.5 Å². The predicted molar refractivity (Wildman–Crippen MR) is 116 cm³/mol. The summed E-state index contributed by atoms with van der Waals surface area (Å²) in [5.74, 6) is 0.633. The Kier molecular flexibility index (Phi) is 8.47. The highest BCUT2D eigenvalue weighted by Gasteiger charge is 2.37. The van der Waals surface area contributed by atoms with Crippen molar-refractivity contribution in [1.82, 2.24) is 13.6 Å². The van der Waals surface area contributed by atoms with Crippen LogP contribution >= 0.6 is 11.7 Å². The van der Waals surface area contributed by atoms with Gasteiger partial charge in [0.2, 0.25) is 6.23 Å². The van der Waals surface area contributed by atoms with Crippen LogP contribution < -0.4 is 4.74 Å². The minimum absolute atomic E-state index is 0.256. The highest BCUT2D eigenvalue weighted by molar-refractivity contribution is 6.99. The summed E-state index contributed by atoms with van der Waals surface area (Å²) in [5, 5.41) is 0. The fourth-order valence-corrected chi connectivity index (χ4v) is 4.34. The third-order valence-corrected chi connectivity index (χ3v) is 6.49. The van der Waals surface area contributed by atoms with Crippen LogP contribution in [0.1, 0.15) is 51.6 Å². The Morgan fingerprint density at radius 1 is 1.30 bits per heavy atom. The topological polar surface area (TPSA) is 73.8 Å². The van der Waals surface area contributed by atoms with Crippen molar-refractivity contribution in [3.05, 3.63) is 11.8 Å². The first-order chi connectivity index (χ1) is 14.5. The molecule has 0 radical (unpaired) electrons. The van der Waals surface area contributed by atoms with Crippen LogP contribution in [0.4, 0.5) is 4.79 Å². The summed E-state index contributed by atoms with van der Waals surface area (Å²) in [6.45, 7) is 8.81. The number of unbranched alkanes of at least 4 members (excludes halogenated alkanes) is 3. The van der Waals surface area contributed by atoms with Gasteiger partial charge < -0.3 is 19.1 Å². The molecule has 0 saturated carbocycles. The van der Waals surface area contributed by atoms with Crippen LogP contribution in [0.2, 0.25) is 0 Å². The van der Waals surface area contributed by atoms with E-state index in [4.69, 9.17) is 14.2 Å². The van der Waals surface area contributed by atoms with Crippen molar-refractivity contribution in [3.63, 3.8) is 0 Å². The number of carbonyl (C=O) groups is 1. The van der Waals surface area contributed by atoms with Crippen LogP contribution in [0.15, 0.2) is 6.08 Å². The first-order valence-electron chi connectivity index (χ1n) is 11.1. The first-order valence-corrected chi connectivity index (χ1v) is 11.8. The van der Waals surface area contributed by atoms with Gasteiger partial charge in [0.25, 0.3) is 5.88 Å². The maximum absolute atomic E-state index is 12.5. The Morgan fingerprint density at radius 3 is 2.87 bits per heavy atom. The van der Waals surface area contributed by atoms with Crippen molar-refractivity contribution in [3.8, 4) is 5.88 Å². The summed E-state index contributed by atoms with van der Waals surface area (Å²) < 4.78 is 26.6. The zero-order valence-electron chi connectivity index (χ0n) is 18.5. The van der Waals surface area contributed by atoms with Gasteiger partial charge in [0, 0.05) is 32.0 Å². The van der Waals surface area contributed by atoms with Gasteiger partial charge in [-0.1, -0.05) is 32.3 Å². The highest BCUT2D eigenvalue weighted by Crippen LogP contribution is 2.31. The fraction of sp³-hybridized carbons (Fsp3) is 0.762. The number of amides is 1. The minimum atomic E-state index is -0.257. The molecule has 168 valence electrons. The number of nitrogens with zero attached hydrogens (tertiary/aromatic N) is 4. The molecule has 2 aliphatic heterocycles. The van der Waals surface area contributed by atoms with Gasteiger partial charge in [-0.15, -0.1) is 4.37 Å². The van der Waals surface area contributed by atoms with Gasteiger partial charge in [0.1, 0.15) is 12.2 Å². The van der Waals surface area contributed by atoms with Crippen LogP contribution in [0.3, 0.4) is 0 Å². The lowest BCUT2D eigenvalue weighted by molar-refractivity contribution is -0.944. The van der Waals surface area contributed by atoms with Gasteiger partial charge in [-0.3, -0.25) is 4.48 Å². The third-order valence-electron chi connectivity index (χ3n) is 5.98. The second-order valence-electron chi connectivity index (χ2n) is 8.29. The molecule has 2 aliphatic rings. The molecule has 0 N–H and O–H groups in total. The number of hydrogen-bond donors (Lipinski definition) is 0. The maximum atomic E-state index is 12.5. The fourth-order valence-electron chi connectivity index (χ4n) is 3.81. The van der Waals surface area contributed by atoms with Crippen LogP contribution in [0.25, 0.3) is 5.57 Å². The lowest BCUT2D eigenvalue weighted by Gasteiger charge is -2.42. The van der Waals surface area contributed by atoms with Crippen molar-refractivity contribution >= 4 is 23.4 Å². The highest BCUT2D eigenvalue weighted by atomic mass is 32.1. The molecule has 1 saturated heterocycles. The molecular formula is C21H35N4O4S+. The number of hydrogen-bond acceptors (Lipinski definition) is 7. The van der Waals surface area contributed by atoms with Crippen molar-refractivity contribution in [2.75, 3.05) is 53.0 Å². The summed E-state index contributed by atoms with van der Waals surface area (Å²) >= 11 is 1.19. The van der Waals surface area contributed by atoms with E-state index in [1.807, 2.05) is 6.92 Å². The zero-order valence-corrected chi connectivity index (χ0v) is 19.3. The molecule has 3 rings (SSSR count). The molecule has 1 unspecified atom stereocenters. The van der Waals surface area contributed by atoms with Crippen LogP contribution in [-0.2, 0) is 9.47 Å². The molecule has 9 heteroatoms. The van der Waals surface area contributed by atoms with E-state index in [-0.39, 0.29) is 12.3 Å². The molecule has 1 aromatic heterocycles. The molecule has 0 aromatic carbocycles. The van der Waals surface area contributed by atoms with E-state index < -0.39 is 0 Å². The molecule has 1 aromatic rings. The lowest BCUT2D eigenvalue weighted by Crippen LogP contribution is -2.56. The molecule has 0 aliphatic carbocycles. The Labute approximate surface area is 183 Å². The predicted octanol–water partition coefficient (Wildman–Crippen LogP) is 3.55. The maximum Gasteiger partial charge on any atom is 0.414 e. The van der Waals surface area contributed by atoms with Gasteiger partial charge >= 0.3 is 6.09 Å². The monoisotopic (exact) mass is 439 g/mol. The zero-order chi connectivity index (χ0) is 21.4. The molecule has 3 heterocycles. The van der Waals surface area contributed by atoms with Crippen LogP contribution in [0.5, 0.6) is 5.88 Å². The Hall–Kier alpha value is -1.71. The van der Waals surface area contributed by atoms with E-state index in [9.17, 15) is 4.79 Å². The third kappa shape index (κ3) is 5.92. The number of carbonyl (C=O) groups excluding carboxylic acids is 1. The number of quaternary nitrogens is 1. The van der Waals surface area contributed by atoms with Gasteiger partial charge in [0.05, 0.1) is 45.1 Å². The molecular weight excluding hydrogens is 404 g/mol. The largest absolute Gasteiger partial charge is 0.475 e. The molecule has 30 heavy (non-hydrogen) atoms. The second-order valence-corrected chi connectivity index (χ2v) is 8.82. The van der Waals surface area contributed by atoms with Crippen molar-refractivity contribution in [2.45, 2.75) is 52.2 Å². The Morgan fingerprint density at radius 2 is 2.10 bits per heavy atom. The smallest absolute Gasteiger partial charge is 0.414 e. The quantitative estimate of drug-likeness (QED) is 0.433. The average molecular weight is 440 g/mol. The van der Waals surface area contributed by atoms with Gasteiger partial charge in [-0.25, -0.2) is 4.79 Å². The molecule has 0 bridgehead atoms. The number of aromatic nitrogens is 2.